The molecule has 0 aromatic rings. The number of unbranched alkanes of at least 4 members (excludes halogenated alkanes) is 14. The molecule has 0 radical (unpaired) electrons. The smallest absolute Gasteiger partial charge is 0.326 e. The number of nitrogens with two attached hydrogens (primary N) is 2. The highest BCUT2D eigenvalue weighted by Crippen LogP contribution is 2.13. The van der Waals surface area contributed by atoms with Crippen molar-refractivity contribution in [3.8, 4) is 0 Å². The maximum atomic E-state index is 13.3. The van der Waals surface area contributed by atoms with Crippen LogP contribution in [0.1, 0.15) is 142 Å². The van der Waals surface area contributed by atoms with E-state index in [1.807, 2.05) is 0 Å². The van der Waals surface area contributed by atoms with Crippen LogP contribution >= 0.6 is 24.8 Å². The molecule has 48 heavy (non-hydrogen) atoms. The summed E-state index contributed by atoms with van der Waals surface area (Å²) < 4.78 is 23.7. The molecule has 0 fully saturated rings. The number of carboxylic acid groups (broad SMARTS) is 1. The average molecular weight is 749 g/mol. The van der Waals surface area contributed by atoms with E-state index in [0.717, 1.165) is 25.5 Å². The minimum atomic E-state index is -3.48. The Morgan fingerprint density at radius 3 is 1.40 bits per heavy atom. The van der Waals surface area contributed by atoms with Crippen LogP contribution in [0.25, 0.3) is 0 Å². The van der Waals surface area contributed by atoms with Crippen molar-refractivity contribution >= 4 is 58.3 Å². The van der Waals surface area contributed by atoms with Gasteiger partial charge in [0.05, 0.1) is 5.75 Å². The van der Waals surface area contributed by atoms with E-state index >= 15 is 0 Å². The van der Waals surface area contributed by atoms with Gasteiger partial charge >= 0.3 is 5.97 Å². The molecular weight excluding hydrogens is 681 g/mol. The van der Waals surface area contributed by atoms with E-state index in [-0.39, 0.29) is 55.7 Å². The number of carbonyl (C=O) groups is 4. The molecule has 0 bridgehead atoms. The molecule has 3 atom stereocenters. The number of sulfone groups is 1. The SMILES string of the molecule is CCCCCCCCCCCCCCCC(=O)N[C@@H](CCCCN)C(=O)N[C@@H](CCS(C)(=O)=O)C(=O)N[C@@H](CCCCN)C(=O)O.Cl.Cl. The van der Waals surface area contributed by atoms with Crippen molar-refractivity contribution in [3.63, 3.8) is 0 Å². The minimum Gasteiger partial charge on any atom is -0.480 e. The fourth-order valence-corrected chi connectivity index (χ4v) is 5.89. The molecule has 0 spiro atoms. The summed E-state index contributed by atoms with van der Waals surface area (Å²) in [4.78, 5) is 50.9. The second kappa shape index (κ2) is 32.5. The number of aliphatic carboxylic acids is 1. The van der Waals surface area contributed by atoms with Gasteiger partial charge in [0, 0.05) is 12.7 Å². The molecule has 0 saturated carbocycles. The van der Waals surface area contributed by atoms with Gasteiger partial charge in [0.25, 0.3) is 0 Å². The predicted molar refractivity (Wildman–Crippen MR) is 198 cm³/mol. The highest BCUT2D eigenvalue weighted by molar-refractivity contribution is 7.90. The molecule has 0 aromatic heterocycles. The number of rotatable bonds is 31. The van der Waals surface area contributed by atoms with Gasteiger partial charge in [0.15, 0.2) is 0 Å². The van der Waals surface area contributed by atoms with Gasteiger partial charge in [-0.3, -0.25) is 14.4 Å². The summed E-state index contributed by atoms with van der Waals surface area (Å²) in [6.07, 6.45) is 19.3. The van der Waals surface area contributed by atoms with Crippen molar-refractivity contribution in [2.45, 2.75) is 160 Å². The van der Waals surface area contributed by atoms with Crippen molar-refractivity contribution in [1.82, 2.24) is 16.0 Å². The lowest BCUT2D eigenvalue weighted by Gasteiger charge is -2.24. The summed E-state index contributed by atoms with van der Waals surface area (Å²) in [7, 11) is -3.48. The third kappa shape index (κ3) is 29.3. The minimum absolute atomic E-state index is 0. The quantitative estimate of drug-likeness (QED) is 0.0549. The number of nitrogens with one attached hydrogen (secondary N) is 3. The molecule has 286 valence electrons. The molecule has 3 amide bonds. The molecule has 15 heteroatoms. The van der Waals surface area contributed by atoms with Crippen LogP contribution in [0.15, 0.2) is 0 Å². The second-order valence-electron chi connectivity index (χ2n) is 12.6. The van der Waals surface area contributed by atoms with E-state index in [9.17, 15) is 32.7 Å². The largest absolute Gasteiger partial charge is 0.480 e. The Labute approximate surface area is 302 Å². The first-order valence-corrected chi connectivity index (χ1v) is 19.7. The van der Waals surface area contributed by atoms with Crippen LogP contribution in [0, 0.1) is 0 Å². The summed E-state index contributed by atoms with van der Waals surface area (Å²) in [6, 6.07) is -3.44. The Morgan fingerprint density at radius 2 is 0.979 bits per heavy atom. The highest BCUT2D eigenvalue weighted by Gasteiger charge is 2.30. The van der Waals surface area contributed by atoms with Crippen LogP contribution in [0.3, 0.4) is 0 Å². The summed E-state index contributed by atoms with van der Waals surface area (Å²) in [5.41, 5.74) is 11.1. The highest BCUT2D eigenvalue weighted by atomic mass is 35.5. The average Bonchev–Trinajstić information content (AvgIpc) is 2.99. The molecule has 0 aliphatic carbocycles. The van der Waals surface area contributed by atoms with E-state index in [2.05, 4.69) is 22.9 Å². The van der Waals surface area contributed by atoms with Crippen LogP contribution in [0.2, 0.25) is 0 Å². The molecule has 0 rings (SSSR count). The van der Waals surface area contributed by atoms with E-state index in [0.29, 0.717) is 51.6 Å². The number of amides is 3. The van der Waals surface area contributed by atoms with Crippen LogP contribution in [0.4, 0.5) is 0 Å². The standard InChI is InChI=1S/C33H65N5O7S.2ClH/c1-3-4-5-6-7-8-9-10-11-12-13-14-15-22-30(39)36-27(20-16-18-24-34)31(40)37-28(23-26-46(2,44)45)32(41)38-29(33(42)43)21-17-19-25-35;;/h27-29H,3-26,34-35H2,1-2H3,(H,36,39)(H,37,40)(H,38,41)(H,42,43);2*1H/t27-,28-,29-;;/m0../s1. The van der Waals surface area contributed by atoms with Crippen molar-refractivity contribution in [1.29, 1.82) is 0 Å². The van der Waals surface area contributed by atoms with Gasteiger partial charge in [-0.1, -0.05) is 84.0 Å². The molecule has 0 aliphatic heterocycles. The van der Waals surface area contributed by atoms with Crippen LogP contribution in [-0.2, 0) is 29.0 Å². The molecular formula is C33H67Cl2N5O7S. The summed E-state index contributed by atoms with van der Waals surface area (Å²) >= 11 is 0. The summed E-state index contributed by atoms with van der Waals surface area (Å²) in [6.45, 7) is 3.03. The van der Waals surface area contributed by atoms with Crippen LogP contribution in [-0.4, -0.2) is 80.4 Å². The molecule has 0 saturated heterocycles. The maximum absolute atomic E-state index is 13.3. The third-order valence-electron chi connectivity index (χ3n) is 8.08. The fourth-order valence-electron chi connectivity index (χ4n) is 5.23. The van der Waals surface area contributed by atoms with Gasteiger partial charge in [0.2, 0.25) is 17.7 Å². The lowest BCUT2D eigenvalue weighted by atomic mass is 10.0. The Balaban J connectivity index is -0.0000101. The van der Waals surface area contributed by atoms with Gasteiger partial charge in [-0.05, 0) is 64.5 Å². The number of halogens is 2. The Morgan fingerprint density at radius 1 is 0.583 bits per heavy atom. The molecule has 0 unspecified atom stereocenters. The van der Waals surface area contributed by atoms with Gasteiger partial charge in [-0.25, -0.2) is 13.2 Å². The number of carbonyl (C=O) groups excluding carboxylic acids is 3. The lowest BCUT2D eigenvalue weighted by Crippen LogP contribution is -2.56. The Hall–Kier alpha value is -1.67. The van der Waals surface area contributed by atoms with E-state index in [1.165, 1.54) is 57.8 Å². The molecule has 12 nitrogen and oxygen atoms in total. The summed E-state index contributed by atoms with van der Waals surface area (Å²) in [5.74, 6) is -3.31. The van der Waals surface area contributed by atoms with Gasteiger partial charge in [-0.15, -0.1) is 24.8 Å². The van der Waals surface area contributed by atoms with Crippen molar-refractivity contribution in [2.75, 3.05) is 25.1 Å². The molecule has 0 heterocycles. The second-order valence-corrected chi connectivity index (χ2v) is 14.8. The summed E-state index contributed by atoms with van der Waals surface area (Å²) in [5, 5.41) is 17.3. The van der Waals surface area contributed by atoms with Crippen molar-refractivity contribution < 1.29 is 32.7 Å². The zero-order valence-electron chi connectivity index (χ0n) is 29.5. The van der Waals surface area contributed by atoms with Gasteiger partial charge < -0.3 is 32.5 Å². The molecule has 0 aromatic carbocycles. The van der Waals surface area contributed by atoms with Gasteiger partial charge in [-0.2, -0.15) is 0 Å². The maximum Gasteiger partial charge on any atom is 0.326 e. The monoisotopic (exact) mass is 747 g/mol. The van der Waals surface area contributed by atoms with E-state index in [1.54, 1.807) is 0 Å². The van der Waals surface area contributed by atoms with Crippen molar-refractivity contribution in [2.24, 2.45) is 11.5 Å². The first-order chi connectivity index (χ1) is 21.9. The van der Waals surface area contributed by atoms with Crippen LogP contribution in [0.5, 0.6) is 0 Å². The van der Waals surface area contributed by atoms with E-state index < -0.39 is 45.7 Å². The Bertz CT molecular complexity index is 961. The fraction of sp³-hybridized carbons (Fsp3) is 0.879. The zero-order chi connectivity index (χ0) is 34.6. The zero-order valence-corrected chi connectivity index (χ0v) is 31.9. The Kier molecular flexibility index (Phi) is 34.4. The number of carboxylic acids is 1. The number of hydrogen-bond acceptors (Lipinski definition) is 8. The normalized spacial score (nSPS) is 12.9. The molecule has 0 aliphatic rings. The lowest BCUT2D eigenvalue weighted by molar-refractivity contribution is -0.142. The predicted octanol–water partition coefficient (Wildman–Crippen LogP) is 4.54. The topological polar surface area (TPSA) is 211 Å². The van der Waals surface area contributed by atoms with E-state index in [4.69, 9.17) is 11.5 Å². The van der Waals surface area contributed by atoms with Crippen LogP contribution < -0.4 is 27.4 Å². The molecule has 8 N–H and O–H groups in total. The number of hydrogen-bond donors (Lipinski definition) is 6. The third-order valence-corrected chi connectivity index (χ3v) is 9.06. The first kappa shape index (κ1) is 50.7. The van der Waals surface area contributed by atoms with Crippen molar-refractivity contribution in [3.05, 3.63) is 0 Å². The van der Waals surface area contributed by atoms with Gasteiger partial charge in [0.1, 0.15) is 28.0 Å². The first-order valence-electron chi connectivity index (χ1n) is 17.7.